The molecule has 0 spiro atoms. The highest BCUT2D eigenvalue weighted by Crippen LogP contribution is 2.42. The number of carbonyl (C=O) groups is 2. The van der Waals surface area contributed by atoms with E-state index in [4.69, 9.17) is 0 Å². The average molecular weight is 426 g/mol. The van der Waals surface area contributed by atoms with Crippen molar-refractivity contribution in [2.75, 3.05) is 16.8 Å². The number of benzene rings is 1. The number of nitrogens with one attached hydrogen (secondary N) is 1. The van der Waals surface area contributed by atoms with E-state index in [1.54, 1.807) is 16.2 Å². The third-order valence-corrected chi connectivity index (χ3v) is 6.89. The number of thiophene rings is 1. The fraction of sp³-hybridized carbons (Fsp3) is 0.300. The molecule has 1 unspecified atom stereocenters. The van der Waals surface area contributed by atoms with Crippen molar-refractivity contribution >= 4 is 46.3 Å². The lowest BCUT2D eigenvalue weighted by molar-refractivity contribution is -0.121. The molecule has 1 aromatic carbocycles. The molecule has 1 N–H and O–H groups in total. The number of thioether (sulfide) groups is 1. The average Bonchev–Trinajstić information content (AvgIpc) is 3.24. The van der Waals surface area contributed by atoms with E-state index < -0.39 is 5.25 Å². The van der Waals surface area contributed by atoms with Crippen LogP contribution in [0, 0.1) is 0 Å². The van der Waals surface area contributed by atoms with Crippen LogP contribution < -0.4 is 10.2 Å². The highest BCUT2D eigenvalue weighted by atomic mass is 32.2. The molecule has 1 atom stereocenters. The Morgan fingerprint density at radius 2 is 2.07 bits per heavy atom. The third kappa shape index (κ3) is 3.44. The van der Waals surface area contributed by atoms with Gasteiger partial charge in [-0.15, -0.1) is 21.5 Å². The van der Waals surface area contributed by atoms with Gasteiger partial charge in [-0.3, -0.25) is 19.1 Å². The van der Waals surface area contributed by atoms with Gasteiger partial charge in [-0.25, -0.2) is 0 Å². The summed E-state index contributed by atoms with van der Waals surface area (Å²) in [5.74, 6) is 0.572. The molecule has 0 saturated heterocycles. The Labute approximate surface area is 176 Å². The number of carbonyl (C=O) groups excluding carboxylic acids is 2. The predicted octanol–water partition coefficient (Wildman–Crippen LogP) is 3.81. The van der Waals surface area contributed by atoms with Crippen molar-refractivity contribution in [1.82, 2.24) is 14.8 Å². The van der Waals surface area contributed by atoms with Crippen molar-refractivity contribution in [3.05, 3.63) is 41.8 Å². The number of fused-ring (bicyclic) bond motifs is 1. The maximum Gasteiger partial charge on any atom is 0.244 e. The number of anilines is 2. The molecule has 2 amide bonds. The fourth-order valence-corrected chi connectivity index (χ4v) is 5.14. The lowest BCUT2D eigenvalue weighted by atomic mass is 10.2. The number of rotatable bonds is 5. The van der Waals surface area contributed by atoms with E-state index >= 15 is 0 Å². The molecule has 0 radical (unpaired) electrons. The second kappa shape index (κ2) is 7.31. The second-order valence-corrected chi connectivity index (χ2v) is 9.39. The number of hydrogen-bond acceptors (Lipinski definition) is 6. The number of hydrogen-bond donors (Lipinski definition) is 1. The summed E-state index contributed by atoms with van der Waals surface area (Å²) in [6.07, 6.45) is 2.21. The van der Waals surface area contributed by atoms with Gasteiger partial charge in [0.05, 0.1) is 21.5 Å². The van der Waals surface area contributed by atoms with E-state index in [1.807, 2.05) is 48.7 Å². The van der Waals surface area contributed by atoms with E-state index in [-0.39, 0.29) is 18.4 Å². The van der Waals surface area contributed by atoms with Crippen molar-refractivity contribution in [1.29, 1.82) is 0 Å². The molecular formula is C20H19N5O2S2. The topological polar surface area (TPSA) is 80.1 Å². The van der Waals surface area contributed by atoms with Crippen LogP contribution in [0.15, 0.2) is 46.9 Å². The number of aromatic nitrogens is 3. The second-order valence-electron chi connectivity index (χ2n) is 7.13. The Balaban J connectivity index is 1.41. The molecule has 7 nitrogen and oxygen atoms in total. The van der Waals surface area contributed by atoms with Crippen molar-refractivity contribution < 1.29 is 9.59 Å². The third-order valence-electron chi connectivity index (χ3n) is 4.98. The van der Waals surface area contributed by atoms with Crippen molar-refractivity contribution in [3.63, 3.8) is 0 Å². The zero-order valence-corrected chi connectivity index (χ0v) is 17.4. The first kappa shape index (κ1) is 18.4. The van der Waals surface area contributed by atoms with E-state index in [0.717, 1.165) is 34.4 Å². The number of amides is 2. The summed E-state index contributed by atoms with van der Waals surface area (Å²) in [7, 11) is 0. The van der Waals surface area contributed by atoms with Crippen molar-refractivity contribution in [2.24, 2.45) is 0 Å². The standard InChI is InChI=1S/C20H19N5O2S2/c1-12(19(27)24-11-17(26)21-14-5-2-3-6-15(14)24)29-20-23-22-18(16-7-4-10-28-16)25(20)13-8-9-13/h2-7,10,12-13H,8-9,11H2,1H3,(H,21,26). The van der Waals surface area contributed by atoms with Crippen LogP contribution in [0.3, 0.4) is 0 Å². The zero-order valence-electron chi connectivity index (χ0n) is 15.7. The molecule has 29 heavy (non-hydrogen) atoms. The SMILES string of the molecule is CC(Sc1nnc(-c2cccs2)n1C1CC1)C(=O)N1CC(=O)Nc2ccccc21. The van der Waals surface area contributed by atoms with Gasteiger partial charge in [0.2, 0.25) is 11.8 Å². The van der Waals surface area contributed by atoms with Gasteiger partial charge in [0.1, 0.15) is 6.54 Å². The van der Waals surface area contributed by atoms with Crippen LogP contribution in [0.2, 0.25) is 0 Å². The molecule has 2 aliphatic rings. The van der Waals surface area contributed by atoms with E-state index in [0.29, 0.717) is 11.7 Å². The van der Waals surface area contributed by atoms with E-state index in [2.05, 4.69) is 20.1 Å². The van der Waals surface area contributed by atoms with Crippen LogP contribution in [-0.2, 0) is 9.59 Å². The molecule has 5 rings (SSSR count). The minimum atomic E-state index is -0.396. The Hall–Kier alpha value is -2.65. The molecule has 2 aromatic heterocycles. The van der Waals surface area contributed by atoms with Crippen LogP contribution >= 0.6 is 23.1 Å². The largest absolute Gasteiger partial charge is 0.323 e. The first-order valence-electron chi connectivity index (χ1n) is 9.47. The molecule has 1 fully saturated rings. The van der Waals surface area contributed by atoms with Gasteiger partial charge in [0.15, 0.2) is 11.0 Å². The lowest BCUT2D eigenvalue weighted by Crippen LogP contribution is -2.45. The highest BCUT2D eigenvalue weighted by molar-refractivity contribution is 8.00. The summed E-state index contributed by atoms with van der Waals surface area (Å²) >= 11 is 3.04. The van der Waals surface area contributed by atoms with Gasteiger partial charge < -0.3 is 5.32 Å². The smallest absolute Gasteiger partial charge is 0.244 e. The van der Waals surface area contributed by atoms with Crippen LogP contribution in [-0.4, -0.2) is 38.4 Å². The van der Waals surface area contributed by atoms with Gasteiger partial charge in [-0.2, -0.15) is 0 Å². The summed E-state index contributed by atoms with van der Waals surface area (Å²) in [5, 5.41) is 14.0. The fourth-order valence-electron chi connectivity index (χ4n) is 3.45. The predicted molar refractivity (Wildman–Crippen MR) is 114 cm³/mol. The van der Waals surface area contributed by atoms with Gasteiger partial charge in [0.25, 0.3) is 0 Å². The van der Waals surface area contributed by atoms with Crippen LogP contribution in [0.5, 0.6) is 0 Å². The monoisotopic (exact) mass is 425 g/mol. The quantitative estimate of drug-likeness (QED) is 0.629. The molecular weight excluding hydrogens is 406 g/mol. The minimum absolute atomic E-state index is 0.0243. The number of nitrogens with zero attached hydrogens (tertiary/aromatic N) is 4. The maximum absolute atomic E-state index is 13.2. The van der Waals surface area contributed by atoms with Gasteiger partial charge in [-0.05, 0) is 43.3 Å². The Morgan fingerprint density at radius 3 is 2.83 bits per heavy atom. The van der Waals surface area contributed by atoms with Gasteiger partial charge in [-0.1, -0.05) is 30.0 Å². The Morgan fingerprint density at radius 1 is 1.24 bits per heavy atom. The van der Waals surface area contributed by atoms with E-state index in [9.17, 15) is 9.59 Å². The maximum atomic E-state index is 13.2. The summed E-state index contributed by atoms with van der Waals surface area (Å²) in [4.78, 5) is 27.9. The van der Waals surface area contributed by atoms with Crippen molar-refractivity contribution in [2.45, 2.75) is 36.2 Å². The first-order valence-corrected chi connectivity index (χ1v) is 11.2. The molecule has 0 bridgehead atoms. The van der Waals surface area contributed by atoms with Gasteiger partial charge in [0, 0.05) is 6.04 Å². The van der Waals surface area contributed by atoms with Crippen molar-refractivity contribution in [3.8, 4) is 10.7 Å². The summed E-state index contributed by atoms with van der Waals surface area (Å²) in [5.41, 5.74) is 1.39. The lowest BCUT2D eigenvalue weighted by Gasteiger charge is -2.30. The highest BCUT2D eigenvalue weighted by Gasteiger charge is 2.34. The first-order chi connectivity index (χ1) is 14.1. The normalized spacial score (nSPS) is 17.0. The molecule has 1 aliphatic heterocycles. The Bertz CT molecular complexity index is 1070. The molecule has 148 valence electrons. The van der Waals surface area contributed by atoms with Crippen LogP contribution in [0.25, 0.3) is 10.7 Å². The number of para-hydroxylation sites is 2. The zero-order chi connectivity index (χ0) is 20.0. The minimum Gasteiger partial charge on any atom is -0.323 e. The molecule has 9 heteroatoms. The molecule has 3 aromatic rings. The summed E-state index contributed by atoms with van der Waals surface area (Å²) < 4.78 is 2.16. The van der Waals surface area contributed by atoms with Gasteiger partial charge >= 0.3 is 0 Å². The summed E-state index contributed by atoms with van der Waals surface area (Å²) in [6.45, 7) is 1.88. The molecule has 3 heterocycles. The van der Waals surface area contributed by atoms with Crippen LogP contribution in [0.1, 0.15) is 25.8 Å². The summed E-state index contributed by atoms with van der Waals surface area (Å²) in [6, 6.07) is 11.8. The Kier molecular flexibility index (Phi) is 4.63. The molecule has 1 saturated carbocycles. The van der Waals surface area contributed by atoms with Crippen LogP contribution in [0.4, 0.5) is 11.4 Å². The van der Waals surface area contributed by atoms with E-state index in [1.165, 1.54) is 11.8 Å². The molecule has 1 aliphatic carbocycles.